The molecule has 6 nitrogen and oxygen atoms in total. The molecule has 0 aliphatic heterocycles. The summed E-state index contributed by atoms with van der Waals surface area (Å²) >= 11 is 0. The van der Waals surface area contributed by atoms with Gasteiger partial charge in [0.05, 0.1) is 23.9 Å². The Morgan fingerprint density at radius 3 is 1.70 bits per heavy atom. The molecule has 1 unspecified atom stereocenters. The van der Waals surface area contributed by atoms with Gasteiger partial charge in [0, 0.05) is 6.42 Å². The highest BCUT2D eigenvalue weighted by Crippen LogP contribution is 2.60. The van der Waals surface area contributed by atoms with Crippen molar-refractivity contribution in [1.82, 2.24) is 0 Å². The normalized spacial score (nSPS) is 27.7. The molecule has 0 aromatic heterocycles. The average molecular weight is 1080 g/mol. The number of fused-ring (bicyclic) bond motifs is 1. The van der Waals surface area contributed by atoms with Crippen molar-refractivity contribution < 1.29 is 26.9 Å². The van der Waals surface area contributed by atoms with Crippen LogP contribution in [0.4, 0.5) is 0 Å². The van der Waals surface area contributed by atoms with Crippen molar-refractivity contribution in [3.8, 4) is 0 Å². The number of ether oxygens (including phenoxy) is 1. The lowest BCUT2D eigenvalue weighted by Gasteiger charge is -2.50. The Morgan fingerprint density at radius 1 is 0.690 bits per heavy atom. The quantitative estimate of drug-likeness (QED) is 0.0895. The molecule has 3 aliphatic rings. The van der Waals surface area contributed by atoms with E-state index in [0.29, 0.717) is 17.8 Å². The van der Waals surface area contributed by atoms with Crippen molar-refractivity contribution in [3.63, 3.8) is 0 Å². The SMILES string of the molecule is C=C1/C(=C\C=C2/CCC[C@]3(C)[C@@H]([C@H](C)CC[C@H](O[Si](C)(C)C(C)(C)C)C(C)(C)O[Si](C)(C)C(C)(C)C)CC[C@@H]23)C[C@@H](O[Si](C)(C)C(C)(C)C)[C@@H](OC(CCC(C)(C)C)O[SiH](C)C)[C@@H]1O[Si](C)(C)C(C)(C)C. The Morgan fingerprint density at radius 2 is 1.21 bits per heavy atom. The molecule has 9 atom stereocenters. The number of rotatable bonds is 20. The summed E-state index contributed by atoms with van der Waals surface area (Å²) in [7, 11) is -10.1. The molecule has 0 amide bonds. The van der Waals surface area contributed by atoms with E-state index in [1.807, 2.05) is 0 Å². The summed E-state index contributed by atoms with van der Waals surface area (Å²) in [5.74, 6) is 1.87. The van der Waals surface area contributed by atoms with Gasteiger partial charge in [0.1, 0.15) is 12.4 Å². The first-order valence-corrected chi connectivity index (χ1v) is 43.1. The van der Waals surface area contributed by atoms with Crippen LogP contribution >= 0.6 is 0 Å². The molecular weight excluding hydrogens is 957 g/mol. The van der Waals surface area contributed by atoms with Crippen LogP contribution in [0, 0.1) is 28.6 Å². The molecule has 0 aromatic carbocycles. The van der Waals surface area contributed by atoms with Gasteiger partial charge in [0.15, 0.2) is 42.3 Å². The molecule has 416 valence electrons. The Hall–Kier alpha value is 0.0644. The zero-order valence-electron chi connectivity index (χ0n) is 52.6. The van der Waals surface area contributed by atoms with Crippen molar-refractivity contribution >= 4 is 42.3 Å². The monoisotopic (exact) mass is 1080 g/mol. The van der Waals surface area contributed by atoms with Crippen LogP contribution in [0.2, 0.25) is 85.6 Å². The molecule has 0 aromatic rings. The minimum absolute atomic E-state index is 0.0139. The lowest BCUT2D eigenvalue weighted by molar-refractivity contribution is -0.181. The smallest absolute Gasteiger partial charge is 0.193 e. The Labute approximate surface area is 448 Å². The van der Waals surface area contributed by atoms with Crippen molar-refractivity contribution in [2.75, 3.05) is 0 Å². The van der Waals surface area contributed by atoms with Gasteiger partial charge >= 0.3 is 0 Å². The highest BCUT2D eigenvalue weighted by atomic mass is 28.4. The van der Waals surface area contributed by atoms with E-state index < -0.39 is 42.3 Å². The van der Waals surface area contributed by atoms with Crippen LogP contribution in [0.15, 0.2) is 35.5 Å². The Balaban J connectivity index is 2.08. The van der Waals surface area contributed by atoms with Gasteiger partial charge in [-0.3, -0.25) is 0 Å². The maximum atomic E-state index is 7.57. The molecule has 3 rings (SSSR count). The highest BCUT2D eigenvalue weighted by Gasteiger charge is 2.54. The van der Waals surface area contributed by atoms with E-state index in [1.165, 1.54) is 37.7 Å². The molecule has 71 heavy (non-hydrogen) atoms. The van der Waals surface area contributed by atoms with E-state index in [1.54, 1.807) is 5.57 Å². The van der Waals surface area contributed by atoms with Crippen LogP contribution in [0.3, 0.4) is 0 Å². The highest BCUT2D eigenvalue weighted by molar-refractivity contribution is 6.75. The van der Waals surface area contributed by atoms with Crippen LogP contribution in [-0.2, 0) is 26.9 Å². The van der Waals surface area contributed by atoms with Gasteiger partial charge < -0.3 is 26.9 Å². The first-order valence-electron chi connectivity index (χ1n) is 28.7. The minimum Gasteiger partial charge on any atom is -0.411 e. The first-order chi connectivity index (χ1) is 31.6. The van der Waals surface area contributed by atoms with E-state index in [9.17, 15) is 0 Å². The van der Waals surface area contributed by atoms with Crippen LogP contribution in [0.1, 0.15) is 196 Å². The minimum atomic E-state index is -2.30. The molecular formula is C60H120O6Si5. The van der Waals surface area contributed by atoms with Gasteiger partial charge in [-0.15, -0.1) is 0 Å². The molecule has 3 aliphatic carbocycles. The fourth-order valence-electron chi connectivity index (χ4n) is 10.9. The zero-order chi connectivity index (χ0) is 55.2. The summed E-state index contributed by atoms with van der Waals surface area (Å²) in [4.78, 5) is 0. The number of hydrogen-bond acceptors (Lipinski definition) is 6. The zero-order valence-corrected chi connectivity index (χ0v) is 57.7. The third-order valence-electron chi connectivity index (χ3n) is 19.6. The first kappa shape index (κ1) is 65.3. The second kappa shape index (κ2) is 23.2. The number of hydrogen-bond donors (Lipinski definition) is 0. The van der Waals surface area contributed by atoms with E-state index >= 15 is 0 Å². The van der Waals surface area contributed by atoms with Gasteiger partial charge in [-0.2, -0.15) is 0 Å². The largest absolute Gasteiger partial charge is 0.411 e. The summed E-state index contributed by atoms with van der Waals surface area (Å²) in [5, 5.41) is 0.317. The van der Waals surface area contributed by atoms with Crippen LogP contribution < -0.4 is 0 Å². The fraction of sp³-hybridized carbons (Fsp3) is 0.900. The molecule has 0 spiro atoms. The molecule has 0 bridgehead atoms. The predicted octanol–water partition coefficient (Wildman–Crippen LogP) is 18.9. The number of allylic oxidation sites excluding steroid dienone is 3. The summed E-state index contributed by atoms with van der Waals surface area (Å²) in [6.07, 6.45) is 15.0. The van der Waals surface area contributed by atoms with Crippen LogP contribution in [-0.4, -0.2) is 78.6 Å². The van der Waals surface area contributed by atoms with Gasteiger partial charge in [-0.1, -0.05) is 142 Å². The van der Waals surface area contributed by atoms with Crippen molar-refractivity contribution in [2.24, 2.45) is 28.6 Å². The lowest BCUT2D eigenvalue weighted by atomic mass is 9.60. The molecule has 0 saturated heterocycles. The summed E-state index contributed by atoms with van der Waals surface area (Å²) < 4.78 is 44.0. The maximum Gasteiger partial charge on any atom is 0.193 e. The Bertz CT molecular complexity index is 1810. The third-order valence-corrected chi connectivity index (χ3v) is 38.6. The summed E-state index contributed by atoms with van der Waals surface area (Å²) in [6, 6.07) is 0. The standard InChI is InChI=1S/C60H120O6Si5/c1-43(33-38-50(64-69(25,26)56(9,10)11)59(18,19)66-71(29,30)58(15,16)17)47-36-37-48-45(32-31-40-60(47,48)20)34-35-46-42-49(63-68(23,24)55(6,7)8)53(52(44(46)2)65-70(27,28)57(12,13)14)61-51(62-67(21)22)39-41-54(3,4)5/h34-35,43,47-53,67H,2,31-33,36-42H2,1,3-30H3/b45-34+,46-35-/t43-,47-,48+,49-,50+,51?,52-,53-,60-/m1/s1. The predicted molar refractivity (Wildman–Crippen MR) is 322 cm³/mol. The fourth-order valence-corrected chi connectivity index (χ4v) is 17.5. The second-order valence-electron chi connectivity index (χ2n) is 31.7. The molecule has 0 N–H and O–H groups in total. The summed E-state index contributed by atoms with van der Waals surface area (Å²) in [5.41, 5.74) is 4.04. The van der Waals surface area contributed by atoms with Gasteiger partial charge in [-0.25, -0.2) is 0 Å². The second-order valence-corrected chi connectivity index (χ2v) is 53.0. The summed E-state index contributed by atoms with van der Waals surface area (Å²) in [6.45, 7) is 73.8. The van der Waals surface area contributed by atoms with E-state index in [-0.39, 0.29) is 67.3 Å². The molecule has 0 heterocycles. The van der Waals surface area contributed by atoms with Gasteiger partial charge in [-0.05, 0) is 197 Å². The van der Waals surface area contributed by atoms with Crippen molar-refractivity contribution in [1.29, 1.82) is 0 Å². The van der Waals surface area contributed by atoms with E-state index in [0.717, 1.165) is 37.7 Å². The molecule has 11 heteroatoms. The van der Waals surface area contributed by atoms with Crippen LogP contribution in [0.5, 0.6) is 0 Å². The van der Waals surface area contributed by atoms with E-state index in [4.69, 9.17) is 33.4 Å². The maximum absolute atomic E-state index is 7.57. The van der Waals surface area contributed by atoms with Crippen molar-refractivity contribution in [3.05, 3.63) is 35.5 Å². The molecule has 3 saturated carbocycles. The van der Waals surface area contributed by atoms with Crippen molar-refractivity contribution in [2.45, 2.75) is 318 Å². The topological polar surface area (TPSA) is 55.4 Å². The lowest BCUT2D eigenvalue weighted by Crippen LogP contribution is -2.58. The third kappa shape index (κ3) is 16.8. The molecule has 0 radical (unpaired) electrons. The van der Waals surface area contributed by atoms with Crippen LogP contribution in [0.25, 0.3) is 0 Å². The average Bonchev–Trinajstić information content (AvgIpc) is 3.51. The van der Waals surface area contributed by atoms with E-state index in [2.05, 4.69) is 209 Å². The van der Waals surface area contributed by atoms with Gasteiger partial charge in [0.2, 0.25) is 0 Å². The molecule has 3 fully saturated rings. The Kier molecular flexibility index (Phi) is 21.3. The van der Waals surface area contributed by atoms with Gasteiger partial charge in [0.25, 0.3) is 0 Å².